The largest absolute Gasteiger partial charge is 0.497 e. The van der Waals surface area contributed by atoms with Gasteiger partial charge in [-0.1, -0.05) is 24.3 Å². The van der Waals surface area contributed by atoms with Gasteiger partial charge in [0.1, 0.15) is 23.2 Å². The van der Waals surface area contributed by atoms with Crippen molar-refractivity contribution >= 4 is 18.0 Å². The molecule has 0 spiro atoms. The molecule has 0 radical (unpaired) electrons. The number of methoxy groups -OCH3 is 1. The summed E-state index contributed by atoms with van der Waals surface area (Å²) in [7, 11) is 1.51. The Labute approximate surface area is 155 Å². The minimum Gasteiger partial charge on any atom is -0.497 e. The van der Waals surface area contributed by atoms with Gasteiger partial charge < -0.3 is 14.8 Å². The van der Waals surface area contributed by atoms with E-state index in [4.69, 9.17) is 14.7 Å². The van der Waals surface area contributed by atoms with Crippen LogP contribution in [0, 0.1) is 17.1 Å². The number of amides is 1. The molecule has 138 valence electrons. The van der Waals surface area contributed by atoms with E-state index in [1.165, 1.54) is 37.5 Å². The van der Waals surface area contributed by atoms with Gasteiger partial charge in [-0.3, -0.25) is 4.79 Å². The van der Waals surface area contributed by atoms with Gasteiger partial charge in [-0.05, 0) is 41.5 Å². The Kier molecular flexibility index (Phi) is 7.08. The minimum atomic E-state index is -0.905. The van der Waals surface area contributed by atoms with Crippen molar-refractivity contribution in [2.75, 3.05) is 13.7 Å². The second-order valence-electron chi connectivity index (χ2n) is 5.43. The Bertz CT molecular complexity index is 886. The molecular formula is C20H17FN2O4. The summed E-state index contributed by atoms with van der Waals surface area (Å²) in [5.74, 6) is -1.23. The zero-order valence-corrected chi connectivity index (χ0v) is 14.6. The summed E-state index contributed by atoms with van der Waals surface area (Å²) in [4.78, 5) is 23.7. The number of hydrogen-bond acceptors (Lipinski definition) is 5. The van der Waals surface area contributed by atoms with Crippen LogP contribution in [0.3, 0.4) is 0 Å². The predicted octanol–water partition coefficient (Wildman–Crippen LogP) is 2.60. The van der Waals surface area contributed by atoms with E-state index in [-0.39, 0.29) is 17.9 Å². The van der Waals surface area contributed by atoms with Crippen molar-refractivity contribution in [1.29, 1.82) is 5.26 Å². The summed E-state index contributed by atoms with van der Waals surface area (Å²) in [5.41, 5.74) is 1.05. The Hall–Kier alpha value is -3.66. The smallest absolute Gasteiger partial charge is 0.349 e. The number of nitriles is 1. The van der Waals surface area contributed by atoms with Crippen molar-refractivity contribution in [1.82, 2.24) is 5.32 Å². The summed E-state index contributed by atoms with van der Waals surface area (Å²) in [6.07, 6.45) is 1.35. The lowest BCUT2D eigenvalue weighted by Crippen LogP contribution is -2.28. The van der Waals surface area contributed by atoms with Crippen LogP contribution < -0.4 is 10.1 Å². The summed E-state index contributed by atoms with van der Waals surface area (Å²) in [6, 6.07) is 14.2. The van der Waals surface area contributed by atoms with Crippen LogP contribution in [0.15, 0.2) is 54.1 Å². The molecule has 0 aromatic heterocycles. The van der Waals surface area contributed by atoms with E-state index in [0.29, 0.717) is 16.9 Å². The van der Waals surface area contributed by atoms with Gasteiger partial charge in [0.2, 0.25) is 0 Å². The number of rotatable bonds is 7. The molecule has 0 aliphatic rings. The Morgan fingerprint density at radius 2 is 1.96 bits per heavy atom. The van der Waals surface area contributed by atoms with E-state index < -0.39 is 18.5 Å². The molecule has 1 amide bonds. The highest BCUT2D eigenvalue weighted by atomic mass is 19.1. The minimum absolute atomic E-state index is 0.168. The zero-order valence-electron chi connectivity index (χ0n) is 14.6. The van der Waals surface area contributed by atoms with Gasteiger partial charge in [-0.25, -0.2) is 9.18 Å². The van der Waals surface area contributed by atoms with Gasteiger partial charge in [0, 0.05) is 6.54 Å². The molecule has 2 rings (SSSR count). The van der Waals surface area contributed by atoms with E-state index in [1.807, 2.05) is 0 Å². The van der Waals surface area contributed by atoms with Crippen molar-refractivity contribution in [3.63, 3.8) is 0 Å². The molecular weight excluding hydrogens is 351 g/mol. The number of ether oxygens (including phenoxy) is 2. The highest BCUT2D eigenvalue weighted by molar-refractivity contribution is 5.98. The number of halogens is 1. The van der Waals surface area contributed by atoms with Crippen LogP contribution in [-0.2, 0) is 20.9 Å². The molecule has 2 aromatic carbocycles. The molecule has 7 heteroatoms. The van der Waals surface area contributed by atoms with Crippen molar-refractivity contribution in [3.8, 4) is 11.8 Å². The lowest BCUT2D eigenvalue weighted by atomic mass is 10.1. The third-order valence-electron chi connectivity index (χ3n) is 3.48. The molecule has 0 aliphatic heterocycles. The third-order valence-corrected chi connectivity index (χ3v) is 3.48. The molecule has 2 aromatic rings. The second-order valence-corrected chi connectivity index (χ2v) is 5.43. The van der Waals surface area contributed by atoms with E-state index in [0.717, 1.165) is 0 Å². The first-order valence-electron chi connectivity index (χ1n) is 7.96. The second kappa shape index (κ2) is 9.73. The van der Waals surface area contributed by atoms with Crippen molar-refractivity contribution in [3.05, 3.63) is 71.0 Å². The van der Waals surface area contributed by atoms with Crippen LogP contribution in [0.1, 0.15) is 11.1 Å². The normalized spacial score (nSPS) is 10.6. The fraction of sp³-hybridized carbons (Fsp3) is 0.150. The molecule has 0 unspecified atom stereocenters. The van der Waals surface area contributed by atoms with Gasteiger partial charge in [-0.2, -0.15) is 5.26 Å². The first kappa shape index (κ1) is 19.7. The molecule has 6 nitrogen and oxygen atoms in total. The highest BCUT2D eigenvalue weighted by Gasteiger charge is 2.13. The average molecular weight is 368 g/mol. The maximum atomic E-state index is 12.8. The molecule has 0 aliphatic carbocycles. The quantitative estimate of drug-likeness (QED) is 0.461. The van der Waals surface area contributed by atoms with Gasteiger partial charge in [0.25, 0.3) is 5.91 Å². The summed E-state index contributed by atoms with van der Waals surface area (Å²) in [5, 5.41) is 11.7. The Balaban J connectivity index is 1.88. The standard InChI is InChI=1S/C20H17FN2O4/c1-26-18-4-2-3-15(10-18)9-16(11-22)20(25)27-13-19(24)23-12-14-5-7-17(21)8-6-14/h2-10H,12-13H2,1H3,(H,23,24)/b16-9+. The summed E-state index contributed by atoms with van der Waals surface area (Å²) >= 11 is 0. The Morgan fingerprint density at radius 1 is 1.22 bits per heavy atom. The fourth-order valence-electron chi connectivity index (χ4n) is 2.10. The Morgan fingerprint density at radius 3 is 2.63 bits per heavy atom. The molecule has 0 saturated carbocycles. The number of carbonyl (C=O) groups is 2. The maximum Gasteiger partial charge on any atom is 0.349 e. The summed E-state index contributed by atoms with van der Waals surface area (Å²) in [6.45, 7) is -0.363. The number of esters is 1. The average Bonchev–Trinajstić information content (AvgIpc) is 2.69. The number of nitrogens with zero attached hydrogens (tertiary/aromatic N) is 1. The van der Waals surface area contributed by atoms with Gasteiger partial charge in [0.05, 0.1) is 7.11 Å². The van der Waals surface area contributed by atoms with Gasteiger partial charge in [-0.15, -0.1) is 0 Å². The number of benzene rings is 2. The van der Waals surface area contributed by atoms with Crippen molar-refractivity contribution < 1.29 is 23.5 Å². The van der Waals surface area contributed by atoms with Crippen LogP contribution in [0.25, 0.3) is 6.08 Å². The van der Waals surface area contributed by atoms with Crippen LogP contribution in [0.5, 0.6) is 5.75 Å². The van der Waals surface area contributed by atoms with E-state index >= 15 is 0 Å². The molecule has 0 heterocycles. The fourth-order valence-corrected chi connectivity index (χ4v) is 2.10. The summed E-state index contributed by atoms with van der Waals surface area (Å²) < 4.78 is 22.8. The first-order valence-corrected chi connectivity index (χ1v) is 7.96. The highest BCUT2D eigenvalue weighted by Crippen LogP contribution is 2.15. The van der Waals surface area contributed by atoms with Crippen LogP contribution in [0.2, 0.25) is 0 Å². The molecule has 0 fully saturated rings. The van der Waals surface area contributed by atoms with Gasteiger partial charge >= 0.3 is 5.97 Å². The zero-order chi connectivity index (χ0) is 19.6. The van der Waals surface area contributed by atoms with Crippen LogP contribution in [0.4, 0.5) is 4.39 Å². The van der Waals surface area contributed by atoms with E-state index in [2.05, 4.69) is 5.32 Å². The predicted molar refractivity (Wildman–Crippen MR) is 95.8 cm³/mol. The topological polar surface area (TPSA) is 88.4 Å². The van der Waals surface area contributed by atoms with Crippen LogP contribution >= 0.6 is 0 Å². The SMILES string of the molecule is COc1cccc(/C=C(\C#N)C(=O)OCC(=O)NCc2ccc(F)cc2)c1. The number of hydrogen-bond donors (Lipinski definition) is 1. The number of nitrogens with one attached hydrogen (secondary N) is 1. The first-order chi connectivity index (χ1) is 13.0. The monoisotopic (exact) mass is 368 g/mol. The van der Waals surface area contributed by atoms with Crippen molar-refractivity contribution in [2.24, 2.45) is 0 Å². The van der Waals surface area contributed by atoms with E-state index in [9.17, 15) is 14.0 Å². The molecule has 0 atom stereocenters. The number of carbonyl (C=O) groups excluding carboxylic acids is 2. The lowest BCUT2D eigenvalue weighted by molar-refractivity contribution is -0.144. The van der Waals surface area contributed by atoms with E-state index in [1.54, 1.807) is 30.3 Å². The lowest BCUT2D eigenvalue weighted by Gasteiger charge is -2.06. The molecule has 0 saturated heterocycles. The van der Waals surface area contributed by atoms with Crippen molar-refractivity contribution in [2.45, 2.75) is 6.54 Å². The molecule has 27 heavy (non-hydrogen) atoms. The molecule has 0 bridgehead atoms. The third kappa shape index (κ3) is 6.29. The van der Waals surface area contributed by atoms with Crippen LogP contribution in [-0.4, -0.2) is 25.6 Å². The molecule has 1 N–H and O–H groups in total. The maximum absolute atomic E-state index is 12.8. The van der Waals surface area contributed by atoms with Gasteiger partial charge in [0.15, 0.2) is 6.61 Å².